The van der Waals surface area contributed by atoms with E-state index < -0.39 is 6.10 Å². The highest BCUT2D eigenvalue weighted by molar-refractivity contribution is 5.74. The van der Waals surface area contributed by atoms with Gasteiger partial charge in [0.2, 0.25) is 0 Å². The molecule has 128 valence electrons. The molecule has 1 fully saturated rings. The molecule has 0 spiro atoms. The van der Waals surface area contributed by atoms with Crippen LogP contribution in [0.15, 0.2) is 36.7 Å². The number of imidazole rings is 1. The Morgan fingerprint density at radius 2 is 2.08 bits per heavy atom. The maximum atomic E-state index is 11.9. The zero-order chi connectivity index (χ0) is 17.1. The molecule has 1 aromatic carbocycles. The van der Waals surface area contributed by atoms with Gasteiger partial charge in [0.15, 0.2) is 0 Å². The fourth-order valence-electron chi connectivity index (χ4n) is 2.75. The Balaban J connectivity index is 1.53. The highest BCUT2D eigenvalue weighted by Gasteiger charge is 2.29. The summed E-state index contributed by atoms with van der Waals surface area (Å²) in [5.74, 6) is 1.30. The van der Waals surface area contributed by atoms with E-state index in [1.165, 1.54) is 0 Å². The molecule has 0 saturated heterocycles. The average Bonchev–Trinajstić information content (AvgIpc) is 3.34. The van der Waals surface area contributed by atoms with Crippen LogP contribution >= 0.6 is 0 Å². The highest BCUT2D eigenvalue weighted by atomic mass is 16.3. The molecule has 6 nitrogen and oxygen atoms in total. The summed E-state index contributed by atoms with van der Waals surface area (Å²) in [7, 11) is 0. The number of aliphatic hydroxyl groups is 1. The molecule has 3 rings (SSSR count). The van der Waals surface area contributed by atoms with E-state index in [1.807, 2.05) is 48.9 Å². The van der Waals surface area contributed by atoms with Gasteiger partial charge in [0.1, 0.15) is 5.82 Å². The molecule has 1 aromatic heterocycles. The lowest BCUT2D eigenvalue weighted by Crippen LogP contribution is -2.41. The molecule has 0 radical (unpaired) electrons. The highest BCUT2D eigenvalue weighted by Crippen LogP contribution is 2.32. The molecule has 2 amide bonds. The smallest absolute Gasteiger partial charge is 0.315 e. The molecular formula is C18H24N4O2. The van der Waals surface area contributed by atoms with Gasteiger partial charge in [0.05, 0.1) is 12.1 Å². The van der Waals surface area contributed by atoms with Crippen LogP contribution in [-0.2, 0) is 0 Å². The van der Waals surface area contributed by atoms with Crippen LogP contribution in [0.25, 0.3) is 5.69 Å². The van der Waals surface area contributed by atoms with Gasteiger partial charge < -0.3 is 20.3 Å². The maximum absolute atomic E-state index is 11.9. The first-order chi connectivity index (χ1) is 11.5. The van der Waals surface area contributed by atoms with Crippen molar-refractivity contribution in [3.8, 4) is 5.69 Å². The van der Waals surface area contributed by atoms with Crippen LogP contribution < -0.4 is 10.6 Å². The predicted octanol–water partition coefficient (Wildman–Crippen LogP) is 2.31. The van der Waals surface area contributed by atoms with E-state index >= 15 is 0 Å². The van der Waals surface area contributed by atoms with Crippen LogP contribution in [0.2, 0.25) is 0 Å². The third kappa shape index (κ3) is 3.94. The van der Waals surface area contributed by atoms with Crippen LogP contribution in [0.4, 0.5) is 4.79 Å². The molecule has 6 heteroatoms. The number of urea groups is 1. The zero-order valence-corrected chi connectivity index (χ0v) is 14.1. The van der Waals surface area contributed by atoms with E-state index in [2.05, 4.69) is 15.6 Å². The third-order valence-corrected chi connectivity index (χ3v) is 4.48. The summed E-state index contributed by atoms with van der Waals surface area (Å²) in [6.45, 7) is 4.20. The van der Waals surface area contributed by atoms with E-state index in [1.54, 1.807) is 6.20 Å². The Labute approximate surface area is 141 Å². The summed E-state index contributed by atoms with van der Waals surface area (Å²) in [5, 5.41) is 15.4. The van der Waals surface area contributed by atoms with E-state index in [4.69, 9.17) is 0 Å². The van der Waals surface area contributed by atoms with Crippen LogP contribution in [0.5, 0.6) is 0 Å². The summed E-state index contributed by atoms with van der Waals surface area (Å²) in [6, 6.07) is 7.66. The number of aryl methyl sites for hydroxylation is 1. The number of hydrogen-bond donors (Lipinski definition) is 3. The van der Waals surface area contributed by atoms with Crippen LogP contribution in [0, 0.1) is 12.8 Å². The van der Waals surface area contributed by atoms with Crippen molar-refractivity contribution >= 4 is 6.03 Å². The van der Waals surface area contributed by atoms with Crippen molar-refractivity contribution in [2.45, 2.75) is 38.8 Å². The minimum atomic E-state index is -0.427. The first-order valence-corrected chi connectivity index (χ1v) is 8.37. The van der Waals surface area contributed by atoms with Crippen molar-refractivity contribution in [2.24, 2.45) is 5.92 Å². The molecule has 2 atom stereocenters. The molecule has 1 saturated carbocycles. The molecule has 0 aliphatic heterocycles. The number of aromatic nitrogens is 2. The van der Waals surface area contributed by atoms with E-state index in [0.717, 1.165) is 29.9 Å². The Bertz CT molecular complexity index is 691. The maximum Gasteiger partial charge on any atom is 0.315 e. The van der Waals surface area contributed by atoms with Gasteiger partial charge in [-0.2, -0.15) is 0 Å². The van der Waals surface area contributed by atoms with Crippen molar-refractivity contribution in [1.29, 1.82) is 0 Å². The van der Waals surface area contributed by atoms with Gasteiger partial charge in [-0.1, -0.05) is 12.1 Å². The lowest BCUT2D eigenvalue weighted by Gasteiger charge is -2.17. The van der Waals surface area contributed by atoms with Gasteiger partial charge in [-0.15, -0.1) is 0 Å². The number of aliphatic hydroxyl groups excluding tert-OH is 1. The van der Waals surface area contributed by atoms with E-state index in [-0.39, 0.29) is 12.1 Å². The summed E-state index contributed by atoms with van der Waals surface area (Å²) < 4.78 is 2.01. The number of carbonyl (C=O) groups is 1. The Morgan fingerprint density at radius 3 is 2.67 bits per heavy atom. The lowest BCUT2D eigenvalue weighted by atomic mass is 10.1. The van der Waals surface area contributed by atoms with Gasteiger partial charge in [-0.25, -0.2) is 9.78 Å². The number of carbonyl (C=O) groups excluding carboxylic acids is 1. The van der Waals surface area contributed by atoms with Crippen LogP contribution in [-0.4, -0.2) is 33.3 Å². The molecular weight excluding hydrogens is 304 g/mol. The molecule has 2 aromatic rings. The second-order valence-corrected chi connectivity index (χ2v) is 6.42. The monoisotopic (exact) mass is 328 g/mol. The average molecular weight is 328 g/mol. The van der Waals surface area contributed by atoms with Gasteiger partial charge >= 0.3 is 6.03 Å². The van der Waals surface area contributed by atoms with Gasteiger partial charge in [-0.3, -0.25) is 0 Å². The second kappa shape index (κ2) is 7.05. The Hall–Kier alpha value is -2.34. The summed E-state index contributed by atoms with van der Waals surface area (Å²) in [5.41, 5.74) is 2.06. The number of hydrogen-bond acceptors (Lipinski definition) is 3. The fraction of sp³-hybridized carbons (Fsp3) is 0.444. The Morgan fingerprint density at radius 1 is 1.38 bits per heavy atom. The van der Waals surface area contributed by atoms with Crippen LogP contribution in [0.1, 0.15) is 37.2 Å². The van der Waals surface area contributed by atoms with Gasteiger partial charge in [-0.05, 0) is 50.3 Å². The molecule has 1 aliphatic rings. The SMILES string of the molecule is Cc1nccn1-c1ccc([C@@H](C)NC(=O)NC[C@@H](O)C2CC2)cc1. The molecule has 0 unspecified atom stereocenters. The minimum Gasteiger partial charge on any atom is -0.391 e. The summed E-state index contributed by atoms with van der Waals surface area (Å²) in [6.07, 6.45) is 5.38. The number of rotatable bonds is 6. The van der Waals surface area contributed by atoms with Crippen LogP contribution in [0.3, 0.4) is 0 Å². The third-order valence-electron chi connectivity index (χ3n) is 4.48. The molecule has 1 heterocycles. The van der Waals surface area contributed by atoms with Crippen molar-refractivity contribution in [2.75, 3.05) is 6.54 Å². The predicted molar refractivity (Wildman–Crippen MR) is 92.0 cm³/mol. The van der Waals surface area contributed by atoms with E-state index in [0.29, 0.717) is 12.5 Å². The largest absolute Gasteiger partial charge is 0.391 e. The van der Waals surface area contributed by atoms with E-state index in [9.17, 15) is 9.90 Å². The van der Waals surface area contributed by atoms with Gasteiger partial charge in [0.25, 0.3) is 0 Å². The first-order valence-electron chi connectivity index (χ1n) is 8.37. The number of amides is 2. The quantitative estimate of drug-likeness (QED) is 0.761. The first kappa shape index (κ1) is 16.5. The topological polar surface area (TPSA) is 79.2 Å². The van der Waals surface area contributed by atoms with Gasteiger partial charge in [0, 0.05) is 24.6 Å². The minimum absolute atomic E-state index is 0.110. The number of benzene rings is 1. The van der Waals surface area contributed by atoms with Crippen molar-refractivity contribution < 1.29 is 9.90 Å². The molecule has 0 bridgehead atoms. The van der Waals surface area contributed by atoms with Crippen molar-refractivity contribution in [3.63, 3.8) is 0 Å². The fourth-order valence-corrected chi connectivity index (χ4v) is 2.75. The lowest BCUT2D eigenvalue weighted by molar-refractivity contribution is 0.149. The molecule has 1 aliphatic carbocycles. The van der Waals surface area contributed by atoms with Crippen molar-refractivity contribution in [1.82, 2.24) is 20.2 Å². The normalized spacial score (nSPS) is 16.5. The van der Waals surface area contributed by atoms with Crippen molar-refractivity contribution in [3.05, 3.63) is 48.0 Å². The molecule has 3 N–H and O–H groups in total. The number of nitrogens with one attached hydrogen (secondary N) is 2. The number of nitrogens with zero attached hydrogens (tertiary/aromatic N) is 2. The second-order valence-electron chi connectivity index (χ2n) is 6.42. The Kier molecular flexibility index (Phi) is 4.85. The zero-order valence-electron chi connectivity index (χ0n) is 14.1. The standard InChI is InChI=1S/C18H24N4O2/c1-12(21-18(24)20-11-17(23)15-3-4-15)14-5-7-16(8-6-14)22-10-9-19-13(22)2/h5-10,12,15,17,23H,3-4,11H2,1-2H3,(H2,20,21,24)/t12-,17-/m1/s1. The summed E-state index contributed by atoms with van der Waals surface area (Å²) in [4.78, 5) is 16.1. The molecule has 24 heavy (non-hydrogen) atoms. The summed E-state index contributed by atoms with van der Waals surface area (Å²) >= 11 is 0.